The van der Waals surface area contributed by atoms with Crippen molar-refractivity contribution in [2.45, 2.75) is 6.54 Å². The highest BCUT2D eigenvalue weighted by atomic mass is 79.9. The SMILES string of the molecule is Nc1nnn(Cc2ccc(Br)cc2)n1. The molecule has 0 atom stereocenters. The van der Waals surface area contributed by atoms with Gasteiger partial charge in [-0.05, 0) is 22.9 Å². The van der Waals surface area contributed by atoms with E-state index in [1.165, 1.54) is 4.80 Å². The molecular formula is C8H8BrN5. The Morgan fingerprint density at radius 2 is 2.00 bits per heavy atom. The van der Waals surface area contributed by atoms with Gasteiger partial charge in [-0.1, -0.05) is 33.2 Å². The zero-order chi connectivity index (χ0) is 9.97. The van der Waals surface area contributed by atoms with Crippen LogP contribution in [-0.4, -0.2) is 20.2 Å². The van der Waals surface area contributed by atoms with E-state index in [1.54, 1.807) is 0 Å². The average Bonchev–Trinajstić information content (AvgIpc) is 2.56. The summed E-state index contributed by atoms with van der Waals surface area (Å²) in [6.07, 6.45) is 0. The van der Waals surface area contributed by atoms with Crippen LogP contribution in [0.25, 0.3) is 0 Å². The fourth-order valence-corrected chi connectivity index (χ4v) is 1.34. The second-order valence-electron chi connectivity index (χ2n) is 2.80. The van der Waals surface area contributed by atoms with Crippen molar-refractivity contribution in [1.82, 2.24) is 20.2 Å². The number of aromatic nitrogens is 4. The van der Waals surface area contributed by atoms with Crippen LogP contribution in [0.1, 0.15) is 5.56 Å². The number of nitrogens with two attached hydrogens (primary N) is 1. The Morgan fingerprint density at radius 3 is 2.57 bits per heavy atom. The van der Waals surface area contributed by atoms with Crippen LogP contribution in [0.5, 0.6) is 0 Å². The molecule has 72 valence electrons. The van der Waals surface area contributed by atoms with Crippen LogP contribution in [0.4, 0.5) is 5.95 Å². The Hall–Kier alpha value is -1.43. The van der Waals surface area contributed by atoms with Crippen LogP contribution < -0.4 is 5.73 Å². The standard InChI is InChI=1S/C8H8BrN5/c9-7-3-1-6(2-4-7)5-14-12-8(10)11-13-14/h1-4H,5H2,(H2,10,12). The first-order valence-corrected chi connectivity index (χ1v) is 4.81. The summed E-state index contributed by atoms with van der Waals surface area (Å²) in [6, 6.07) is 7.92. The summed E-state index contributed by atoms with van der Waals surface area (Å²) < 4.78 is 1.05. The summed E-state index contributed by atoms with van der Waals surface area (Å²) >= 11 is 3.36. The number of nitrogens with zero attached hydrogens (tertiary/aromatic N) is 4. The molecule has 0 amide bonds. The molecule has 0 aliphatic heterocycles. The highest BCUT2D eigenvalue weighted by Gasteiger charge is 1.99. The lowest BCUT2D eigenvalue weighted by molar-refractivity contribution is 0.573. The first-order valence-electron chi connectivity index (χ1n) is 4.02. The lowest BCUT2D eigenvalue weighted by Crippen LogP contribution is -2.04. The molecule has 0 bridgehead atoms. The molecule has 1 heterocycles. The molecule has 0 aliphatic rings. The van der Waals surface area contributed by atoms with Crippen molar-refractivity contribution in [1.29, 1.82) is 0 Å². The molecule has 0 spiro atoms. The van der Waals surface area contributed by atoms with E-state index in [0.29, 0.717) is 6.54 Å². The molecule has 1 aromatic carbocycles. The molecule has 0 radical (unpaired) electrons. The van der Waals surface area contributed by atoms with Gasteiger partial charge in [0.05, 0.1) is 6.54 Å². The summed E-state index contributed by atoms with van der Waals surface area (Å²) in [5.41, 5.74) is 6.45. The van der Waals surface area contributed by atoms with E-state index >= 15 is 0 Å². The maximum absolute atomic E-state index is 5.34. The quantitative estimate of drug-likeness (QED) is 0.870. The third-order valence-corrected chi connectivity index (χ3v) is 2.23. The first kappa shape index (κ1) is 9.14. The summed E-state index contributed by atoms with van der Waals surface area (Å²) in [5.74, 6) is 0.196. The van der Waals surface area contributed by atoms with Crippen LogP contribution >= 0.6 is 15.9 Å². The summed E-state index contributed by atoms with van der Waals surface area (Å²) in [4.78, 5) is 1.46. The molecule has 5 nitrogen and oxygen atoms in total. The third kappa shape index (κ3) is 2.08. The number of hydrogen-bond acceptors (Lipinski definition) is 4. The van der Waals surface area contributed by atoms with Gasteiger partial charge in [-0.25, -0.2) is 0 Å². The van der Waals surface area contributed by atoms with Crippen molar-refractivity contribution in [3.05, 3.63) is 34.3 Å². The van der Waals surface area contributed by atoms with Gasteiger partial charge in [0, 0.05) is 4.47 Å². The van der Waals surface area contributed by atoms with Crippen LogP contribution in [0.2, 0.25) is 0 Å². The van der Waals surface area contributed by atoms with Gasteiger partial charge in [0.15, 0.2) is 0 Å². The Kier molecular flexibility index (Phi) is 2.45. The lowest BCUT2D eigenvalue weighted by atomic mass is 10.2. The zero-order valence-corrected chi connectivity index (χ0v) is 8.85. The van der Waals surface area contributed by atoms with E-state index < -0.39 is 0 Å². The van der Waals surface area contributed by atoms with Gasteiger partial charge in [-0.2, -0.15) is 4.80 Å². The van der Waals surface area contributed by atoms with Crippen LogP contribution in [0, 0.1) is 0 Å². The number of benzene rings is 1. The maximum atomic E-state index is 5.34. The average molecular weight is 254 g/mol. The molecule has 0 saturated heterocycles. The smallest absolute Gasteiger partial charge is 0.260 e. The molecular weight excluding hydrogens is 246 g/mol. The number of tetrazole rings is 1. The number of anilines is 1. The van der Waals surface area contributed by atoms with Crippen LogP contribution in [0.3, 0.4) is 0 Å². The van der Waals surface area contributed by atoms with E-state index in [4.69, 9.17) is 5.73 Å². The van der Waals surface area contributed by atoms with Crippen LogP contribution in [-0.2, 0) is 6.54 Å². The summed E-state index contributed by atoms with van der Waals surface area (Å²) in [7, 11) is 0. The minimum Gasteiger partial charge on any atom is -0.365 e. The van der Waals surface area contributed by atoms with E-state index in [0.717, 1.165) is 10.0 Å². The van der Waals surface area contributed by atoms with E-state index in [9.17, 15) is 0 Å². The Labute approximate surface area is 89.0 Å². The normalized spacial score (nSPS) is 10.4. The lowest BCUT2D eigenvalue weighted by Gasteiger charge is -1.98. The third-order valence-electron chi connectivity index (χ3n) is 1.71. The summed E-state index contributed by atoms with van der Waals surface area (Å²) in [5, 5.41) is 11.2. The number of rotatable bonds is 2. The van der Waals surface area contributed by atoms with Crippen molar-refractivity contribution in [3.63, 3.8) is 0 Å². The fourth-order valence-electron chi connectivity index (χ4n) is 1.08. The zero-order valence-electron chi connectivity index (χ0n) is 7.26. The largest absolute Gasteiger partial charge is 0.365 e. The Balaban J connectivity index is 2.15. The van der Waals surface area contributed by atoms with Gasteiger partial charge in [0.25, 0.3) is 5.95 Å². The minimum absolute atomic E-state index is 0.196. The molecule has 14 heavy (non-hydrogen) atoms. The van der Waals surface area contributed by atoms with E-state index in [-0.39, 0.29) is 5.95 Å². The molecule has 0 aliphatic carbocycles. The monoisotopic (exact) mass is 253 g/mol. The first-order chi connectivity index (χ1) is 6.74. The van der Waals surface area contributed by atoms with Crippen molar-refractivity contribution in [2.24, 2.45) is 0 Å². The van der Waals surface area contributed by atoms with Gasteiger partial charge in [-0.3, -0.25) is 0 Å². The number of nitrogen functional groups attached to an aromatic ring is 1. The van der Waals surface area contributed by atoms with Gasteiger partial charge in [0.1, 0.15) is 0 Å². The predicted octanol–water partition coefficient (Wildman–Crippen LogP) is 1.07. The van der Waals surface area contributed by atoms with Crippen molar-refractivity contribution in [2.75, 3.05) is 5.73 Å². The second kappa shape index (κ2) is 3.75. The van der Waals surface area contributed by atoms with Crippen molar-refractivity contribution < 1.29 is 0 Å². The Morgan fingerprint density at radius 1 is 1.29 bits per heavy atom. The van der Waals surface area contributed by atoms with Gasteiger partial charge in [0.2, 0.25) is 0 Å². The topological polar surface area (TPSA) is 69.6 Å². The highest BCUT2D eigenvalue weighted by molar-refractivity contribution is 9.10. The second-order valence-corrected chi connectivity index (χ2v) is 3.72. The predicted molar refractivity (Wildman–Crippen MR) is 55.5 cm³/mol. The molecule has 0 unspecified atom stereocenters. The Bertz CT molecular complexity index is 422. The summed E-state index contributed by atoms with van der Waals surface area (Å²) in [6.45, 7) is 0.581. The molecule has 0 fully saturated rings. The van der Waals surface area contributed by atoms with Gasteiger partial charge in [-0.15, -0.1) is 5.10 Å². The maximum Gasteiger partial charge on any atom is 0.260 e. The van der Waals surface area contributed by atoms with E-state index in [2.05, 4.69) is 31.3 Å². The molecule has 0 saturated carbocycles. The molecule has 2 rings (SSSR count). The van der Waals surface area contributed by atoms with Gasteiger partial charge < -0.3 is 5.73 Å². The molecule has 6 heteroatoms. The molecule has 2 N–H and O–H groups in total. The van der Waals surface area contributed by atoms with Gasteiger partial charge >= 0.3 is 0 Å². The minimum atomic E-state index is 0.196. The molecule has 1 aromatic heterocycles. The number of halogens is 1. The van der Waals surface area contributed by atoms with E-state index in [1.807, 2.05) is 24.3 Å². The fraction of sp³-hybridized carbons (Fsp3) is 0.125. The van der Waals surface area contributed by atoms with Crippen LogP contribution in [0.15, 0.2) is 28.7 Å². The molecule has 2 aromatic rings. The number of hydrogen-bond donors (Lipinski definition) is 1. The van der Waals surface area contributed by atoms with Crippen molar-refractivity contribution in [3.8, 4) is 0 Å². The highest BCUT2D eigenvalue weighted by Crippen LogP contribution is 2.10. The van der Waals surface area contributed by atoms with Crippen molar-refractivity contribution >= 4 is 21.9 Å².